The number of aromatic nitrogens is 3. The van der Waals surface area contributed by atoms with Gasteiger partial charge >= 0.3 is 5.97 Å². The van der Waals surface area contributed by atoms with Crippen molar-refractivity contribution in [3.8, 4) is 5.75 Å². The molecule has 0 aliphatic heterocycles. The Morgan fingerprint density at radius 3 is 2.68 bits per heavy atom. The van der Waals surface area contributed by atoms with Crippen LogP contribution in [0.15, 0.2) is 36.5 Å². The minimum atomic E-state index is -0.596. The van der Waals surface area contributed by atoms with E-state index in [2.05, 4.69) is 15.4 Å². The Morgan fingerprint density at radius 1 is 1.29 bits per heavy atom. The first kappa shape index (κ1) is 19.9. The fourth-order valence-corrected chi connectivity index (χ4v) is 2.87. The van der Waals surface area contributed by atoms with Crippen LogP contribution in [0.2, 0.25) is 5.02 Å². The standard InChI is InChI=1S/C20H23ClN4O3/c1-12(13-7-6-8-15(21)9-13)22-19-23-17-16(27-5)10-14(11-25(17)24-19)18(26)28-20(2,3)4/h6-12H,1-5H3,(H,22,24)/t12-/m1/s1. The monoisotopic (exact) mass is 402 g/mol. The van der Waals surface area contributed by atoms with Gasteiger partial charge in [-0.2, -0.15) is 4.98 Å². The number of nitrogens with zero attached hydrogens (tertiary/aromatic N) is 3. The smallest absolute Gasteiger partial charge is 0.340 e. The Bertz CT molecular complexity index is 1010. The summed E-state index contributed by atoms with van der Waals surface area (Å²) in [7, 11) is 1.52. The summed E-state index contributed by atoms with van der Waals surface area (Å²) >= 11 is 6.07. The van der Waals surface area contributed by atoms with Crippen LogP contribution in [-0.4, -0.2) is 33.3 Å². The Hall–Kier alpha value is -2.80. The molecule has 0 saturated heterocycles. The summed E-state index contributed by atoms with van der Waals surface area (Å²) in [6.45, 7) is 7.43. The molecule has 0 unspecified atom stereocenters. The second-order valence-electron chi connectivity index (χ2n) is 7.42. The summed E-state index contributed by atoms with van der Waals surface area (Å²) in [4.78, 5) is 16.9. The summed E-state index contributed by atoms with van der Waals surface area (Å²) in [5.41, 5.74) is 1.24. The molecule has 28 heavy (non-hydrogen) atoms. The van der Waals surface area contributed by atoms with Gasteiger partial charge in [-0.05, 0) is 45.4 Å². The number of hydrogen-bond acceptors (Lipinski definition) is 6. The van der Waals surface area contributed by atoms with Gasteiger partial charge in [0.1, 0.15) is 5.60 Å². The number of esters is 1. The van der Waals surface area contributed by atoms with Gasteiger partial charge in [-0.1, -0.05) is 23.7 Å². The summed E-state index contributed by atoms with van der Waals surface area (Å²) < 4.78 is 12.3. The normalized spacial score (nSPS) is 12.6. The zero-order valence-electron chi connectivity index (χ0n) is 16.5. The topological polar surface area (TPSA) is 77.8 Å². The molecule has 3 rings (SSSR count). The van der Waals surface area contributed by atoms with Crippen molar-refractivity contribution in [2.45, 2.75) is 39.3 Å². The lowest BCUT2D eigenvalue weighted by Gasteiger charge is -2.19. The fraction of sp³-hybridized carbons (Fsp3) is 0.350. The van der Waals surface area contributed by atoms with E-state index in [-0.39, 0.29) is 6.04 Å². The SMILES string of the molecule is COc1cc(C(=O)OC(C)(C)C)cn2nc(N[C@H](C)c3cccc(Cl)c3)nc12. The van der Waals surface area contributed by atoms with Crippen LogP contribution in [0.1, 0.15) is 49.7 Å². The van der Waals surface area contributed by atoms with Gasteiger partial charge in [0, 0.05) is 17.3 Å². The van der Waals surface area contributed by atoms with Crippen molar-refractivity contribution in [3.05, 3.63) is 52.7 Å². The number of hydrogen-bond donors (Lipinski definition) is 1. The van der Waals surface area contributed by atoms with Gasteiger partial charge in [0.05, 0.1) is 18.7 Å². The van der Waals surface area contributed by atoms with E-state index in [4.69, 9.17) is 21.1 Å². The molecule has 0 spiro atoms. The Balaban J connectivity index is 1.91. The van der Waals surface area contributed by atoms with Crippen LogP contribution in [0.25, 0.3) is 5.65 Å². The van der Waals surface area contributed by atoms with Gasteiger partial charge in [0.25, 0.3) is 0 Å². The first-order valence-corrected chi connectivity index (χ1v) is 9.24. The van der Waals surface area contributed by atoms with Crippen LogP contribution in [0.3, 0.4) is 0 Å². The van der Waals surface area contributed by atoms with Gasteiger partial charge in [0.15, 0.2) is 11.4 Å². The van der Waals surface area contributed by atoms with Crippen molar-refractivity contribution in [3.63, 3.8) is 0 Å². The van der Waals surface area contributed by atoms with Crippen LogP contribution >= 0.6 is 11.6 Å². The molecule has 7 nitrogen and oxygen atoms in total. The van der Waals surface area contributed by atoms with Crippen LogP contribution in [0, 0.1) is 0 Å². The second kappa shape index (κ2) is 7.67. The highest BCUT2D eigenvalue weighted by Crippen LogP contribution is 2.25. The lowest BCUT2D eigenvalue weighted by Crippen LogP contribution is -2.24. The molecule has 0 fully saturated rings. The predicted octanol–water partition coefficient (Wildman–Crippen LogP) is 4.52. The molecule has 2 heterocycles. The minimum absolute atomic E-state index is 0.0626. The van der Waals surface area contributed by atoms with Crippen molar-refractivity contribution in [2.24, 2.45) is 0 Å². The quantitative estimate of drug-likeness (QED) is 0.632. The van der Waals surface area contributed by atoms with Gasteiger partial charge < -0.3 is 14.8 Å². The molecule has 0 radical (unpaired) electrons. The van der Waals surface area contributed by atoms with Gasteiger partial charge in [-0.3, -0.25) is 0 Å². The second-order valence-corrected chi connectivity index (χ2v) is 7.86. The van der Waals surface area contributed by atoms with Crippen molar-refractivity contribution < 1.29 is 14.3 Å². The zero-order valence-corrected chi connectivity index (χ0v) is 17.2. The highest BCUT2D eigenvalue weighted by Gasteiger charge is 2.21. The Labute approximate surface area is 168 Å². The molecule has 1 atom stereocenters. The van der Waals surface area contributed by atoms with E-state index < -0.39 is 11.6 Å². The third-order valence-electron chi connectivity index (χ3n) is 3.95. The summed E-state index contributed by atoms with van der Waals surface area (Å²) in [5.74, 6) is 0.386. The average Bonchev–Trinajstić information content (AvgIpc) is 3.01. The van der Waals surface area contributed by atoms with E-state index in [1.54, 1.807) is 12.3 Å². The Kier molecular flexibility index (Phi) is 5.47. The lowest BCUT2D eigenvalue weighted by molar-refractivity contribution is 0.00685. The molecule has 3 aromatic rings. The number of nitrogens with one attached hydrogen (secondary N) is 1. The van der Waals surface area contributed by atoms with Crippen molar-refractivity contribution in [1.82, 2.24) is 14.6 Å². The molecular weight excluding hydrogens is 380 g/mol. The molecule has 1 N–H and O–H groups in total. The number of rotatable bonds is 5. The third-order valence-corrected chi connectivity index (χ3v) is 4.18. The largest absolute Gasteiger partial charge is 0.493 e. The number of carbonyl (C=O) groups is 1. The first-order valence-electron chi connectivity index (χ1n) is 8.86. The molecule has 0 saturated carbocycles. The average molecular weight is 403 g/mol. The molecule has 1 aromatic carbocycles. The van der Waals surface area contributed by atoms with Gasteiger partial charge in [0.2, 0.25) is 5.95 Å². The molecule has 148 valence electrons. The number of benzene rings is 1. The summed E-state index contributed by atoms with van der Waals surface area (Å²) in [6.07, 6.45) is 1.58. The van der Waals surface area contributed by atoms with Crippen LogP contribution < -0.4 is 10.1 Å². The third kappa shape index (κ3) is 4.54. The maximum atomic E-state index is 12.4. The van der Waals surface area contributed by atoms with E-state index in [1.165, 1.54) is 11.6 Å². The predicted molar refractivity (Wildman–Crippen MR) is 108 cm³/mol. The molecule has 0 bridgehead atoms. The number of halogens is 1. The molecule has 0 aliphatic carbocycles. The summed E-state index contributed by atoms with van der Waals surface area (Å²) in [6, 6.07) is 9.11. The van der Waals surface area contributed by atoms with E-state index >= 15 is 0 Å². The highest BCUT2D eigenvalue weighted by molar-refractivity contribution is 6.30. The van der Waals surface area contributed by atoms with Crippen molar-refractivity contribution in [2.75, 3.05) is 12.4 Å². The van der Waals surface area contributed by atoms with E-state index in [1.807, 2.05) is 52.0 Å². The maximum Gasteiger partial charge on any atom is 0.340 e. The number of methoxy groups -OCH3 is 1. The van der Waals surface area contributed by atoms with E-state index in [0.29, 0.717) is 27.9 Å². The number of carbonyl (C=O) groups excluding carboxylic acids is 1. The molecule has 8 heteroatoms. The van der Waals surface area contributed by atoms with Crippen LogP contribution in [-0.2, 0) is 4.74 Å². The fourth-order valence-electron chi connectivity index (χ4n) is 2.67. The van der Waals surface area contributed by atoms with Crippen LogP contribution in [0.4, 0.5) is 5.95 Å². The lowest BCUT2D eigenvalue weighted by atomic mass is 10.1. The van der Waals surface area contributed by atoms with E-state index in [9.17, 15) is 4.79 Å². The Morgan fingerprint density at radius 2 is 2.04 bits per heavy atom. The zero-order chi connectivity index (χ0) is 20.5. The van der Waals surface area contributed by atoms with Gasteiger partial charge in [-0.15, -0.1) is 5.10 Å². The van der Waals surface area contributed by atoms with Crippen molar-refractivity contribution in [1.29, 1.82) is 0 Å². The maximum absolute atomic E-state index is 12.4. The first-order chi connectivity index (χ1) is 13.2. The number of ether oxygens (including phenoxy) is 2. The molecule has 0 aliphatic rings. The number of pyridine rings is 1. The molecule has 0 amide bonds. The minimum Gasteiger partial charge on any atom is -0.493 e. The van der Waals surface area contributed by atoms with Crippen LogP contribution in [0.5, 0.6) is 5.75 Å². The molecule has 2 aromatic heterocycles. The highest BCUT2D eigenvalue weighted by atomic mass is 35.5. The van der Waals surface area contributed by atoms with Gasteiger partial charge in [-0.25, -0.2) is 9.31 Å². The number of anilines is 1. The van der Waals surface area contributed by atoms with E-state index in [0.717, 1.165) is 5.56 Å². The number of fused-ring (bicyclic) bond motifs is 1. The van der Waals surface area contributed by atoms with Crippen molar-refractivity contribution >= 4 is 29.2 Å². The summed E-state index contributed by atoms with van der Waals surface area (Å²) in [5, 5.41) is 8.33. The molecular formula is C20H23ClN4O3.